The van der Waals surface area contributed by atoms with Crippen LogP contribution in [0, 0.1) is 0 Å². The third-order valence-electron chi connectivity index (χ3n) is 2.99. The molecule has 0 radical (unpaired) electrons. The molecule has 2 aromatic heterocycles. The summed E-state index contributed by atoms with van der Waals surface area (Å²) in [4.78, 5) is 16.4. The van der Waals surface area contributed by atoms with Crippen molar-refractivity contribution >= 4 is 17.2 Å². The Labute approximate surface area is 115 Å². The summed E-state index contributed by atoms with van der Waals surface area (Å²) < 4.78 is 3.00. The van der Waals surface area contributed by atoms with Crippen molar-refractivity contribution < 1.29 is 0 Å². The second-order valence-corrected chi connectivity index (χ2v) is 4.40. The van der Waals surface area contributed by atoms with Crippen molar-refractivity contribution in [3.05, 3.63) is 58.7 Å². The fourth-order valence-electron chi connectivity index (χ4n) is 1.94. The minimum atomic E-state index is -0.180. The van der Waals surface area contributed by atoms with E-state index in [9.17, 15) is 4.79 Å². The molecule has 6 heteroatoms. The van der Waals surface area contributed by atoms with Crippen LogP contribution in [-0.2, 0) is 13.6 Å². The predicted octanol–water partition coefficient (Wildman–Crippen LogP) is 1.24. The van der Waals surface area contributed by atoms with Crippen molar-refractivity contribution in [2.75, 3.05) is 0 Å². The number of rotatable bonds is 3. The lowest BCUT2D eigenvalue weighted by atomic mass is 10.2. The van der Waals surface area contributed by atoms with Crippen molar-refractivity contribution in [1.82, 2.24) is 24.5 Å². The SMILES string of the molecule is Cn1nnc2c(=O)n(C/C=C/c3ccccc3)cnc21. The molecule has 3 aromatic rings. The first-order valence-corrected chi connectivity index (χ1v) is 6.22. The zero-order valence-electron chi connectivity index (χ0n) is 11.0. The van der Waals surface area contributed by atoms with Crippen LogP contribution in [0.15, 0.2) is 47.5 Å². The first kappa shape index (κ1) is 12.3. The molecule has 0 saturated heterocycles. The van der Waals surface area contributed by atoms with E-state index in [-0.39, 0.29) is 5.56 Å². The molecule has 1 aromatic carbocycles. The van der Waals surface area contributed by atoms with Crippen molar-refractivity contribution in [1.29, 1.82) is 0 Å². The van der Waals surface area contributed by atoms with Crippen LogP contribution in [0.4, 0.5) is 0 Å². The van der Waals surface area contributed by atoms with Gasteiger partial charge in [-0.3, -0.25) is 9.36 Å². The van der Waals surface area contributed by atoms with Crippen molar-refractivity contribution in [2.45, 2.75) is 6.54 Å². The molecule has 0 aliphatic heterocycles. The Hall–Kier alpha value is -2.76. The Morgan fingerprint density at radius 2 is 2.05 bits per heavy atom. The second-order valence-electron chi connectivity index (χ2n) is 4.40. The van der Waals surface area contributed by atoms with Gasteiger partial charge in [0, 0.05) is 13.6 Å². The van der Waals surface area contributed by atoms with Gasteiger partial charge in [0.05, 0.1) is 0 Å². The molecule has 6 nitrogen and oxygen atoms in total. The molecule has 2 heterocycles. The zero-order chi connectivity index (χ0) is 13.9. The van der Waals surface area contributed by atoms with Gasteiger partial charge in [-0.15, -0.1) is 5.10 Å². The van der Waals surface area contributed by atoms with E-state index in [0.29, 0.717) is 17.7 Å². The maximum absolute atomic E-state index is 12.2. The van der Waals surface area contributed by atoms with Crippen LogP contribution in [0.3, 0.4) is 0 Å². The van der Waals surface area contributed by atoms with E-state index in [1.165, 1.54) is 15.6 Å². The van der Waals surface area contributed by atoms with Crippen LogP contribution in [0.1, 0.15) is 5.56 Å². The molecule has 0 fully saturated rings. The first-order valence-electron chi connectivity index (χ1n) is 6.22. The molecule has 0 spiro atoms. The van der Waals surface area contributed by atoms with E-state index in [2.05, 4.69) is 15.3 Å². The summed E-state index contributed by atoms with van der Waals surface area (Å²) in [6, 6.07) is 9.92. The molecule has 0 atom stereocenters. The molecule has 100 valence electrons. The van der Waals surface area contributed by atoms with Crippen LogP contribution in [0.2, 0.25) is 0 Å². The first-order chi connectivity index (χ1) is 9.75. The summed E-state index contributed by atoms with van der Waals surface area (Å²) in [6.45, 7) is 0.452. The summed E-state index contributed by atoms with van der Waals surface area (Å²) in [5.74, 6) is 0. The molecule has 0 aliphatic rings. The van der Waals surface area contributed by atoms with E-state index >= 15 is 0 Å². The predicted molar refractivity (Wildman–Crippen MR) is 76.0 cm³/mol. The summed E-state index contributed by atoms with van der Waals surface area (Å²) in [5.41, 5.74) is 1.70. The average Bonchev–Trinajstić information content (AvgIpc) is 2.85. The molecule has 3 rings (SSSR count). The molecular weight excluding hydrogens is 254 g/mol. The number of hydrogen-bond donors (Lipinski definition) is 0. The van der Waals surface area contributed by atoms with Gasteiger partial charge >= 0.3 is 0 Å². The van der Waals surface area contributed by atoms with E-state index in [1.807, 2.05) is 42.5 Å². The highest BCUT2D eigenvalue weighted by atomic mass is 16.1. The highest BCUT2D eigenvalue weighted by Gasteiger charge is 2.08. The van der Waals surface area contributed by atoms with Crippen LogP contribution in [-0.4, -0.2) is 24.5 Å². The van der Waals surface area contributed by atoms with Gasteiger partial charge in [-0.25, -0.2) is 9.67 Å². The molecule has 20 heavy (non-hydrogen) atoms. The molecular formula is C14H13N5O. The molecule has 0 unspecified atom stereocenters. The van der Waals surface area contributed by atoms with Gasteiger partial charge in [0.1, 0.15) is 6.33 Å². The number of benzene rings is 1. The monoisotopic (exact) mass is 267 g/mol. The minimum absolute atomic E-state index is 0.180. The topological polar surface area (TPSA) is 65.6 Å². The summed E-state index contributed by atoms with van der Waals surface area (Å²) in [7, 11) is 1.71. The van der Waals surface area contributed by atoms with Gasteiger partial charge < -0.3 is 0 Å². The minimum Gasteiger partial charge on any atom is -0.293 e. The van der Waals surface area contributed by atoms with Gasteiger partial charge in [-0.2, -0.15) is 0 Å². The zero-order valence-corrected chi connectivity index (χ0v) is 11.0. The number of hydrogen-bond acceptors (Lipinski definition) is 4. The number of fused-ring (bicyclic) bond motifs is 1. The normalized spacial score (nSPS) is 11.4. The molecule has 0 saturated carbocycles. The third-order valence-corrected chi connectivity index (χ3v) is 2.99. The van der Waals surface area contributed by atoms with Gasteiger partial charge in [-0.1, -0.05) is 47.7 Å². The second kappa shape index (κ2) is 5.08. The van der Waals surface area contributed by atoms with Crippen molar-refractivity contribution in [3.8, 4) is 0 Å². The molecule has 0 amide bonds. The van der Waals surface area contributed by atoms with E-state index in [0.717, 1.165) is 5.56 Å². The standard InChI is InChI=1S/C14H13N5O/c1-18-13-12(16-17-18)14(20)19(10-15-13)9-5-8-11-6-3-2-4-7-11/h2-8,10H,9H2,1H3/b8-5+. The Kier molecular flexibility index (Phi) is 3.12. The quantitative estimate of drug-likeness (QED) is 0.716. The van der Waals surface area contributed by atoms with Gasteiger partial charge in [-0.05, 0) is 5.56 Å². The van der Waals surface area contributed by atoms with Crippen LogP contribution >= 0.6 is 0 Å². The van der Waals surface area contributed by atoms with Gasteiger partial charge in [0.25, 0.3) is 5.56 Å². The third kappa shape index (κ3) is 2.23. The number of aromatic nitrogens is 5. The largest absolute Gasteiger partial charge is 0.293 e. The highest BCUT2D eigenvalue weighted by molar-refractivity contribution is 5.67. The van der Waals surface area contributed by atoms with Crippen molar-refractivity contribution in [2.24, 2.45) is 7.05 Å². The summed E-state index contributed by atoms with van der Waals surface area (Å²) in [5, 5.41) is 7.64. The van der Waals surface area contributed by atoms with E-state index < -0.39 is 0 Å². The van der Waals surface area contributed by atoms with Crippen LogP contribution < -0.4 is 5.56 Å². The maximum atomic E-state index is 12.2. The fourth-order valence-corrected chi connectivity index (χ4v) is 1.94. The van der Waals surface area contributed by atoms with Crippen LogP contribution in [0.5, 0.6) is 0 Å². The van der Waals surface area contributed by atoms with Crippen LogP contribution in [0.25, 0.3) is 17.2 Å². The van der Waals surface area contributed by atoms with Gasteiger partial charge in [0.2, 0.25) is 0 Å². The number of aryl methyl sites for hydroxylation is 1. The Balaban J connectivity index is 1.87. The Morgan fingerprint density at radius 3 is 2.85 bits per heavy atom. The van der Waals surface area contributed by atoms with E-state index in [4.69, 9.17) is 0 Å². The number of allylic oxidation sites excluding steroid dienone is 1. The summed E-state index contributed by atoms with van der Waals surface area (Å²) >= 11 is 0. The van der Waals surface area contributed by atoms with Crippen molar-refractivity contribution in [3.63, 3.8) is 0 Å². The average molecular weight is 267 g/mol. The lowest BCUT2D eigenvalue weighted by Crippen LogP contribution is -2.20. The molecule has 0 N–H and O–H groups in total. The smallest absolute Gasteiger partial charge is 0.283 e. The number of nitrogens with zero attached hydrogens (tertiary/aromatic N) is 5. The van der Waals surface area contributed by atoms with Gasteiger partial charge in [0.15, 0.2) is 11.2 Å². The lowest BCUT2D eigenvalue weighted by Gasteiger charge is -2.00. The molecule has 0 bridgehead atoms. The lowest BCUT2D eigenvalue weighted by molar-refractivity contribution is 0.727. The maximum Gasteiger partial charge on any atom is 0.283 e. The Bertz CT molecular complexity index is 816. The highest BCUT2D eigenvalue weighted by Crippen LogP contribution is 2.02. The fraction of sp³-hybridized carbons (Fsp3) is 0.143. The molecule has 0 aliphatic carbocycles. The van der Waals surface area contributed by atoms with E-state index in [1.54, 1.807) is 7.05 Å². The summed E-state index contributed by atoms with van der Waals surface area (Å²) in [6.07, 6.45) is 5.40. The Morgan fingerprint density at radius 1 is 1.25 bits per heavy atom.